The molecular weight excluding hydrogens is 585 g/mol. The van der Waals surface area contributed by atoms with Gasteiger partial charge < -0.3 is 10.2 Å². The van der Waals surface area contributed by atoms with Crippen molar-refractivity contribution in [1.29, 1.82) is 0 Å². The number of rotatable bonds is 9. The van der Waals surface area contributed by atoms with Gasteiger partial charge in [-0.1, -0.05) is 45.8 Å². The van der Waals surface area contributed by atoms with E-state index in [1.165, 1.54) is 41.3 Å². The van der Waals surface area contributed by atoms with Crippen molar-refractivity contribution < 1.29 is 22.4 Å². The molecule has 0 radical (unpaired) electrons. The van der Waals surface area contributed by atoms with Gasteiger partial charge in [-0.2, -0.15) is 0 Å². The third-order valence-electron chi connectivity index (χ3n) is 5.93. The third kappa shape index (κ3) is 8.12. The molecule has 208 valence electrons. The van der Waals surface area contributed by atoms with E-state index in [1.54, 1.807) is 43.3 Å². The quantitative estimate of drug-likeness (QED) is 0.347. The lowest BCUT2D eigenvalue weighted by molar-refractivity contribution is -0.140. The van der Waals surface area contributed by atoms with Gasteiger partial charge in [-0.15, -0.1) is 0 Å². The smallest absolute Gasteiger partial charge is 0.264 e. The van der Waals surface area contributed by atoms with Gasteiger partial charge in [0.05, 0.1) is 10.6 Å². The van der Waals surface area contributed by atoms with Gasteiger partial charge in [0.1, 0.15) is 18.4 Å². The van der Waals surface area contributed by atoms with Gasteiger partial charge in [-0.05, 0) is 88.7 Å². The van der Waals surface area contributed by atoms with Crippen molar-refractivity contribution in [2.24, 2.45) is 0 Å². The monoisotopic (exact) mass is 617 g/mol. The minimum absolute atomic E-state index is 0.0173. The van der Waals surface area contributed by atoms with Gasteiger partial charge in [0.2, 0.25) is 11.8 Å². The van der Waals surface area contributed by atoms with E-state index < -0.39 is 45.8 Å². The van der Waals surface area contributed by atoms with E-state index >= 15 is 0 Å². The first-order valence-corrected chi connectivity index (χ1v) is 14.6. The Hall–Kier alpha value is -3.24. The normalized spacial score (nSPS) is 12.5. The summed E-state index contributed by atoms with van der Waals surface area (Å²) in [4.78, 5) is 28.3. The maximum Gasteiger partial charge on any atom is 0.264 e. The minimum atomic E-state index is -4.15. The molecule has 0 heterocycles. The lowest BCUT2D eigenvalue weighted by Gasteiger charge is -2.33. The molecule has 3 aromatic rings. The molecule has 2 amide bonds. The standard InChI is InChI=1S/C29H33BrFN3O4S/c1-20-6-16-26(17-7-20)39(37,38)34(25-14-10-23(30)11-15-25)19-27(35)33(18-22-8-12-24(31)13-9-22)21(2)28(36)32-29(3,4)5/h6-17,21H,18-19H2,1-5H3,(H,32,36)/t21-/m0/s1. The molecular formula is C29H33BrFN3O4S. The van der Waals surface area contributed by atoms with Crippen LogP contribution in [0.2, 0.25) is 0 Å². The van der Waals surface area contributed by atoms with Gasteiger partial charge in [0.15, 0.2) is 0 Å². The van der Waals surface area contributed by atoms with Crippen LogP contribution in [-0.2, 0) is 26.2 Å². The van der Waals surface area contributed by atoms with E-state index in [2.05, 4.69) is 21.2 Å². The summed E-state index contributed by atoms with van der Waals surface area (Å²) in [6, 6.07) is 17.6. The fourth-order valence-corrected chi connectivity index (χ4v) is 5.50. The molecule has 7 nitrogen and oxygen atoms in total. The summed E-state index contributed by atoms with van der Waals surface area (Å²) in [6.07, 6.45) is 0. The van der Waals surface area contributed by atoms with Crippen molar-refractivity contribution in [2.45, 2.75) is 57.6 Å². The second-order valence-corrected chi connectivity index (χ2v) is 13.1. The molecule has 3 rings (SSSR count). The summed E-state index contributed by atoms with van der Waals surface area (Å²) in [7, 11) is -4.15. The van der Waals surface area contributed by atoms with E-state index in [0.717, 1.165) is 14.3 Å². The minimum Gasteiger partial charge on any atom is -0.350 e. The predicted molar refractivity (Wildman–Crippen MR) is 154 cm³/mol. The lowest BCUT2D eigenvalue weighted by atomic mass is 10.1. The van der Waals surface area contributed by atoms with E-state index in [9.17, 15) is 22.4 Å². The van der Waals surface area contributed by atoms with Crippen LogP contribution in [-0.4, -0.2) is 43.3 Å². The van der Waals surface area contributed by atoms with Gasteiger partial charge in [-0.25, -0.2) is 12.8 Å². The van der Waals surface area contributed by atoms with Crippen molar-refractivity contribution in [3.8, 4) is 0 Å². The van der Waals surface area contributed by atoms with Crippen LogP contribution >= 0.6 is 15.9 Å². The molecule has 0 bridgehead atoms. The molecule has 0 spiro atoms. The SMILES string of the molecule is Cc1ccc(S(=O)(=O)N(CC(=O)N(Cc2ccc(F)cc2)[C@@H](C)C(=O)NC(C)(C)C)c2ccc(Br)cc2)cc1. The maximum atomic E-state index is 13.9. The first kappa shape index (κ1) is 30.3. The van der Waals surface area contributed by atoms with E-state index in [0.29, 0.717) is 11.3 Å². The number of nitrogens with one attached hydrogen (secondary N) is 1. The van der Waals surface area contributed by atoms with E-state index in [1.807, 2.05) is 27.7 Å². The second kappa shape index (κ2) is 12.3. The van der Waals surface area contributed by atoms with Crippen molar-refractivity contribution in [3.05, 3.63) is 94.2 Å². The summed E-state index contributed by atoms with van der Waals surface area (Å²) >= 11 is 3.36. The molecule has 39 heavy (non-hydrogen) atoms. The highest BCUT2D eigenvalue weighted by atomic mass is 79.9. The number of hydrogen-bond donors (Lipinski definition) is 1. The van der Waals surface area contributed by atoms with Crippen molar-refractivity contribution in [2.75, 3.05) is 10.8 Å². The first-order chi connectivity index (χ1) is 18.2. The summed E-state index contributed by atoms with van der Waals surface area (Å²) in [5, 5.41) is 2.87. The average Bonchev–Trinajstić information content (AvgIpc) is 2.86. The van der Waals surface area contributed by atoms with Crippen molar-refractivity contribution >= 4 is 43.5 Å². The maximum absolute atomic E-state index is 13.9. The molecule has 0 aliphatic carbocycles. The Morgan fingerprint density at radius 3 is 2.05 bits per heavy atom. The molecule has 0 saturated heterocycles. The van der Waals surface area contributed by atoms with Crippen molar-refractivity contribution in [3.63, 3.8) is 0 Å². The van der Waals surface area contributed by atoms with E-state index in [-0.39, 0.29) is 11.4 Å². The van der Waals surface area contributed by atoms with Crippen LogP contribution in [0.25, 0.3) is 0 Å². The Morgan fingerprint density at radius 2 is 1.51 bits per heavy atom. The highest BCUT2D eigenvalue weighted by Crippen LogP contribution is 2.26. The summed E-state index contributed by atoms with van der Waals surface area (Å²) in [6.45, 7) is 8.35. The fourth-order valence-electron chi connectivity index (χ4n) is 3.82. The Bertz CT molecular complexity index is 1400. The zero-order valence-electron chi connectivity index (χ0n) is 22.6. The molecule has 1 N–H and O–H groups in total. The van der Waals surface area contributed by atoms with Crippen LogP contribution in [0, 0.1) is 12.7 Å². The van der Waals surface area contributed by atoms with Crippen LogP contribution in [0.3, 0.4) is 0 Å². The number of nitrogens with zero attached hydrogens (tertiary/aromatic N) is 2. The van der Waals surface area contributed by atoms with Gasteiger partial charge in [0, 0.05) is 16.6 Å². The Labute approximate surface area is 238 Å². The summed E-state index contributed by atoms with van der Waals surface area (Å²) in [5.41, 5.74) is 1.23. The third-order valence-corrected chi connectivity index (χ3v) is 8.25. The fraction of sp³-hybridized carbons (Fsp3) is 0.310. The molecule has 1 atom stereocenters. The van der Waals surface area contributed by atoms with Gasteiger partial charge in [0.25, 0.3) is 10.0 Å². The number of benzene rings is 3. The molecule has 0 saturated carbocycles. The number of anilines is 1. The Morgan fingerprint density at radius 1 is 0.949 bits per heavy atom. The number of hydrogen-bond acceptors (Lipinski definition) is 4. The topological polar surface area (TPSA) is 86.8 Å². The second-order valence-electron chi connectivity index (χ2n) is 10.4. The molecule has 0 fully saturated rings. The van der Waals surface area contributed by atoms with E-state index in [4.69, 9.17) is 0 Å². The summed E-state index contributed by atoms with van der Waals surface area (Å²) in [5.74, 6) is -1.41. The number of aryl methyl sites for hydroxylation is 1. The van der Waals surface area contributed by atoms with Crippen LogP contribution < -0.4 is 9.62 Å². The Kier molecular flexibility index (Phi) is 9.55. The predicted octanol–water partition coefficient (Wildman–Crippen LogP) is 5.42. The van der Waals surface area contributed by atoms with Gasteiger partial charge in [-0.3, -0.25) is 13.9 Å². The van der Waals surface area contributed by atoms with Crippen molar-refractivity contribution in [1.82, 2.24) is 10.2 Å². The molecule has 0 unspecified atom stereocenters. The Balaban J connectivity index is 2.02. The van der Waals surface area contributed by atoms with Crippen LogP contribution in [0.1, 0.15) is 38.8 Å². The number of carbonyl (C=O) groups is 2. The molecule has 0 aliphatic heterocycles. The lowest BCUT2D eigenvalue weighted by Crippen LogP contribution is -2.54. The molecule has 0 aliphatic rings. The number of sulfonamides is 1. The zero-order chi connectivity index (χ0) is 29.0. The van der Waals surface area contributed by atoms with Crippen LogP contribution in [0.15, 0.2) is 82.2 Å². The average molecular weight is 619 g/mol. The highest BCUT2D eigenvalue weighted by molar-refractivity contribution is 9.10. The molecule has 0 aromatic heterocycles. The number of carbonyl (C=O) groups excluding carboxylic acids is 2. The zero-order valence-corrected chi connectivity index (χ0v) is 25.0. The first-order valence-electron chi connectivity index (χ1n) is 12.4. The largest absolute Gasteiger partial charge is 0.350 e. The highest BCUT2D eigenvalue weighted by Gasteiger charge is 2.33. The van der Waals surface area contributed by atoms with Crippen LogP contribution in [0.4, 0.5) is 10.1 Å². The molecule has 10 heteroatoms. The van der Waals surface area contributed by atoms with Gasteiger partial charge >= 0.3 is 0 Å². The molecule has 3 aromatic carbocycles. The van der Waals surface area contributed by atoms with Crippen LogP contribution in [0.5, 0.6) is 0 Å². The number of halogens is 2. The number of amides is 2. The summed E-state index contributed by atoms with van der Waals surface area (Å²) < 4.78 is 42.9.